The molecule has 0 fully saturated rings. The van der Waals surface area contributed by atoms with E-state index in [4.69, 9.17) is 0 Å². The Balaban J connectivity index is 2.19. The number of hydrogen-bond acceptors (Lipinski definition) is 2. The fourth-order valence-electron chi connectivity index (χ4n) is 2.00. The maximum atomic E-state index is 4.58. The average molecular weight is 390 g/mol. The molecule has 4 heteroatoms. The summed E-state index contributed by atoms with van der Waals surface area (Å²) in [5.74, 6) is 0. The number of pyridine rings is 2. The predicted octanol–water partition coefficient (Wildman–Crippen LogP) is 5.34. The molecule has 0 aliphatic heterocycles. The number of benzene rings is 1. The van der Waals surface area contributed by atoms with Crippen molar-refractivity contribution in [3.63, 3.8) is 0 Å². The molecule has 0 unspecified atom stereocenters. The SMILES string of the molecule is Brc1nc(-c2ccccc2)cc(-c2ccncc2)c1Br. The Labute approximate surface area is 134 Å². The van der Waals surface area contributed by atoms with E-state index in [0.717, 1.165) is 31.5 Å². The fourth-order valence-corrected chi connectivity index (χ4v) is 2.83. The summed E-state index contributed by atoms with van der Waals surface area (Å²) in [7, 11) is 0. The molecular formula is C16H10Br2N2. The predicted molar refractivity (Wildman–Crippen MR) is 88.3 cm³/mol. The second-order valence-electron chi connectivity index (χ2n) is 4.26. The lowest BCUT2D eigenvalue weighted by molar-refractivity contribution is 1.25. The van der Waals surface area contributed by atoms with Gasteiger partial charge in [-0.2, -0.15) is 0 Å². The smallest absolute Gasteiger partial charge is 0.121 e. The first kappa shape index (κ1) is 13.5. The van der Waals surface area contributed by atoms with Crippen LogP contribution in [0.5, 0.6) is 0 Å². The van der Waals surface area contributed by atoms with Crippen LogP contribution in [-0.2, 0) is 0 Å². The fraction of sp³-hybridized carbons (Fsp3) is 0. The van der Waals surface area contributed by atoms with Gasteiger partial charge in [0, 0.05) is 23.5 Å². The van der Waals surface area contributed by atoms with Crippen molar-refractivity contribution < 1.29 is 0 Å². The summed E-state index contributed by atoms with van der Waals surface area (Å²) in [5, 5.41) is 0. The Morgan fingerprint density at radius 3 is 2.20 bits per heavy atom. The van der Waals surface area contributed by atoms with Gasteiger partial charge >= 0.3 is 0 Å². The van der Waals surface area contributed by atoms with Gasteiger partial charge in [-0.15, -0.1) is 0 Å². The van der Waals surface area contributed by atoms with Gasteiger partial charge in [-0.1, -0.05) is 30.3 Å². The first-order valence-corrected chi connectivity index (χ1v) is 7.66. The highest BCUT2D eigenvalue weighted by atomic mass is 79.9. The summed E-state index contributed by atoms with van der Waals surface area (Å²) in [6.07, 6.45) is 3.58. The van der Waals surface area contributed by atoms with Crippen LogP contribution in [0.4, 0.5) is 0 Å². The van der Waals surface area contributed by atoms with Crippen LogP contribution >= 0.6 is 31.9 Å². The summed E-state index contributed by atoms with van der Waals surface area (Å²) >= 11 is 7.11. The summed E-state index contributed by atoms with van der Waals surface area (Å²) < 4.78 is 1.74. The van der Waals surface area contributed by atoms with Gasteiger partial charge in [-0.3, -0.25) is 4.98 Å². The van der Waals surface area contributed by atoms with Gasteiger partial charge in [0.05, 0.1) is 10.2 Å². The summed E-state index contributed by atoms with van der Waals surface area (Å²) in [5.41, 5.74) is 4.23. The number of hydrogen-bond donors (Lipinski definition) is 0. The molecule has 0 saturated carbocycles. The molecule has 0 saturated heterocycles. The van der Waals surface area contributed by atoms with Crippen LogP contribution in [0.1, 0.15) is 0 Å². The van der Waals surface area contributed by atoms with Crippen LogP contribution in [0.25, 0.3) is 22.4 Å². The molecule has 0 aliphatic rings. The van der Waals surface area contributed by atoms with Crippen LogP contribution in [0.3, 0.4) is 0 Å². The van der Waals surface area contributed by atoms with Crippen LogP contribution in [0.15, 0.2) is 70.0 Å². The van der Waals surface area contributed by atoms with E-state index in [1.807, 2.05) is 30.3 Å². The first-order chi connectivity index (χ1) is 9.75. The molecule has 20 heavy (non-hydrogen) atoms. The quantitative estimate of drug-likeness (QED) is 0.553. The monoisotopic (exact) mass is 388 g/mol. The van der Waals surface area contributed by atoms with E-state index in [9.17, 15) is 0 Å². The van der Waals surface area contributed by atoms with E-state index in [1.54, 1.807) is 12.4 Å². The molecule has 0 radical (unpaired) electrons. The van der Waals surface area contributed by atoms with Crippen molar-refractivity contribution in [3.8, 4) is 22.4 Å². The average Bonchev–Trinajstić information content (AvgIpc) is 2.51. The van der Waals surface area contributed by atoms with Gasteiger partial charge in [-0.25, -0.2) is 4.98 Å². The maximum Gasteiger partial charge on any atom is 0.121 e. The number of halogens is 2. The Morgan fingerprint density at radius 2 is 1.50 bits per heavy atom. The second-order valence-corrected chi connectivity index (χ2v) is 5.81. The number of nitrogens with zero attached hydrogens (tertiary/aromatic N) is 2. The molecule has 2 heterocycles. The molecule has 0 aliphatic carbocycles. The third kappa shape index (κ3) is 2.67. The van der Waals surface area contributed by atoms with Crippen LogP contribution < -0.4 is 0 Å². The topological polar surface area (TPSA) is 25.8 Å². The van der Waals surface area contributed by atoms with Crippen LogP contribution in [-0.4, -0.2) is 9.97 Å². The van der Waals surface area contributed by atoms with E-state index in [0.29, 0.717) is 0 Å². The van der Waals surface area contributed by atoms with E-state index >= 15 is 0 Å². The maximum absolute atomic E-state index is 4.58. The first-order valence-electron chi connectivity index (χ1n) is 6.07. The molecule has 0 N–H and O–H groups in total. The minimum Gasteiger partial charge on any atom is -0.265 e. The van der Waals surface area contributed by atoms with Gasteiger partial charge in [-0.05, 0) is 55.6 Å². The molecule has 0 spiro atoms. The highest BCUT2D eigenvalue weighted by Gasteiger charge is 2.11. The van der Waals surface area contributed by atoms with Crippen LogP contribution in [0.2, 0.25) is 0 Å². The van der Waals surface area contributed by atoms with Gasteiger partial charge in [0.25, 0.3) is 0 Å². The third-order valence-electron chi connectivity index (χ3n) is 2.98. The van der Waals surface area contributed by atoms with E-state index in [2.05, 4.69) is 60.0 Å². The lowest BCUT2D eigenvalue weighted by Gasteiger charge is -2.09. The largest absolute Gasteiger partial charge is 0.265 e. The highest BCUT2D eigenvalue weighted by molar-refractivity contribution is 9.13. The van der Waals surface area contributed by atoms with Gasteiger partial charge in [0.2, 0.25) is 0 Å². The van der Waals surface area contributed by atoms with Crippen molar-refractivity contribution in [2.45, 2.75) is 0 Å². The summed E-state index contributed by atoms with van der Waals surface area (Å²) in [6, 6.07) is 16.2. The molecule has 3 aromatic rings. The Morgan fingerprint density at radius 1 is 0.800 bits per heavy atom. The molecule has 98 valence electrons. The molecular weight excluding hydrogens is 380 g/mol. The van der Waals surface area contributed by atoms with Crippen molar-refractivity contribution in [2.75, 3.05) is 0 Å². The molecule has 3 rings (SSSR count). The second kappa shape index (κ2) is 5.85. The molecule has 0 bridgehead atoms. The molecule has 2 aromatic heterocycles. The van der Waals surface area contributed by atoms with Crippen molar-refractivity contribution in [1.82, 2.24) is 9.97 Å². The van der Waals surface area contributed by atoms with Gasteiger partial charge in [0.1, 0.15) is 4.60 Å². The molecule has 0 amide bonds. The van der Waals surface area contributed by atoms with Crippen molar-refractivity contribution in [2.24, 2.45) is 0 Å². The summed E-state index contributed by atoms with van der Waals surface area (Å²) in [4.78, 5) is 8.64. The van der Waals surface area contributed by atoms with Crippen molar-refractivity contribution in [3.05, 3.63) is 70.0 Å². The van der Waals surface area contributed by atoms with Gasteiger partial charge < -0.3 is 0 Å². The van der Waals surface area contributed by atoms with Crippen molar-refractivity contribution in [1.29, 1.82) is 0 Å². The van der Waals surface area contributed by atoms with E-state index < -0.39 is 0 Å². The Hall–Kier alpha value is -1.52. The minimum absolute atomic E-state index is 0.797. The zero-order valence-electron chi connectivity index (χ0n) is 10.4. The molecule has 0 atom stereocenters. The number of aromatic nitrogens is 2. The van der Waals surface area contributed by atoms with E-state index in [1.165, 1.54) is 0 Å². The van der Waals surface area contributed by atoms with E-state index in [-0.39, 0.29) is 0 Å². The zero-order chi connectivity index (χ0) is 13.9. The summed E-state index contributed by atoms with van der Waals surface area (Å²) in [6.45, 7) is 0. The van der Waals surface area contributed by atoms with Gasteiger partial charge in [0.15, 0.2) is 0 Å². The third-order valence-corrected chi connectivity index (χ3v) is 4.89. The zero-order valence-corrected chi connectivity index (χ0v) is 13.6. The Kier molecular flexibility index (Phi) is 3.94. The Bertz CT molecular complexity index is 728. The minimum atomic E-state index is 0.797. The van der Waals surface area contributed by atoms with Crippen LogP contribution in [0, 0.1) is 0 Å². The normalized spacial score (nSPS) is 10.5. The molecule has 1 aromatic carbocycles. The lowest BCUT2D eigenvalue weighted by Crippen LogP contribution is -1.90. The van der Waals surface area contributed by atoms with Crippen molar-refractivity contribution >= 4 is 31.9 Å². The standard InChI is InChI=1S/C16H10Br2N2/c17-15-13(11-6-8-19-9-7-11)10-14(20-16(15)18)12-4-2-1-3-5-12/h1-10H. The molecule has 2 nitrogen and oxygen atoms in total. The lowest BCUT2D eigenvalue weighted by atomic mass is 10.0. The highest BCUT2D eigenvalue weighted by Crippen LogP contribution is 2.35. The number of rotatable bonds is 2.